The summed E-state index contributed by atoms with van der Waals surface area (Å²) >= 11 is 0. The standard InChI is InChI=1S/C16H24N4O3/c1-12-13(2)23-15(20-12)11-19-16(18-8-10-21-3)17-7-6-14-5-4-9-22-14/h4-5,9H,6-8,10-11H2,1-3H3,(H2,17,18,19). The third-order valence-corrected chi connectivity index (χ3v) is 3.29. The van der Waals surface area contributed by atoms with Gasteiger partial charge in [0.25, 0.3) is 0 Å². The Hall–Kier alpha value is -2.28. The van der Waals surface area contributed by atoms with Gasteiger partial charge in [-0.25, -0.2) is 9.98 Å². The summed E-state index contributed by atoms with van der Waals surface area (Å²) < 4.78 is 15.9. The summed E-state index contributed by atoms with van der Waals surface area (Å²) in [5, 5.41) is 6.47. The second-order valence-electron chi connectivity index (χ2n) is 5.09. The molecule has 2 N–H and O–H groups in total. The second kappa shape index (κ2) is 8.99. The quantitative estimate of drug-likeness (QED) is 0.438. The van der Waals surface area contributed by atoms with E-state index in [9.17, 15) is 0 Å². The second-order valence-corrected chi connectivity index (χ2v) is 5.09. The van der Waals surface area contributed by atoms with Gasteiger partial charge in [0.15, 0.2) is 5.96 Å². The monoisotopic (exact) mass is 320 g/mol. The lowest BCUT2D eigenvalue weighted by Crippen LogP contribution is -2.40. The predicted molar refractivity (Wildman–Crippen MR) is 87.4 cm³/mol. The van der Waals surface area contributed by atoms with E-state index in [-0.39, 0.29) is 0 Å². The van der Waals surface area contributed by atoms with Crippen LogP contribution in [-0.2, 0) is 17.7 Å². The van der Waals surface area contributed by atoms with Gasteiger partial charge in [0, 0.05) is 26.6 Å². The Bertz CT molecular complexity index is 585. The maximum Gasteiger partial charge on any atom is 0.216 e. The van der Waals surface area contributed by atoms with E-state index in [4.69, 9.17) is 13.6 Å². The molecule has 2 aromatic heterocycles. The Morgan fingerprint density at radius 2 is 2.13 bits per heavy atom. The molecule has 0 aliphatic heterocycles. The van der Waals surface area contributed by atoms with Crippen LogP contribution in [0.25, 0.3) is 0 Å². The van der Waals surface area contributed by atoms with Gasteiger partial charge in [-0.15, -0.1) is 0 Å². The number of hydrogen-bond donors (Lipinski definition) is 2. The molecule has 2 heterocycles. The van der Waals surface area contributed by atoms with Crippen molar-refractivity contribution in [1.29, 1.82) is 0 Å². The Morgan fingerprint density at radius 3 is 2.78 bits per heavy atom. The summed E-state index contributed by atoms with van der Waals surface area (Å²) in [4.78, 5) is 8.82. The lowest BCUT2D eigenvalue weighted by atomic mass is 10.3. The molecule has 0 atom stereocenters. The summed E-state index contributed by atoms with van der Waals surface area (Å²) in [5.41, 5.74) is 0.898. The van der Waals surface area contributed by atoms with E-state index in [2.05, 4.69) is 20.6 Å². The minimum atomic E-state index is 0.387. The number of furan rings is 1. The molecule has 0 unspecified atom stereocenters. The first kappa shape index (κ1) is 17.1. The predicted octanol–water partition coefficient (Wildman–Crippen LogP) is 1.81. The highest BCUT2D eigenvalue weighted by atomic mass is 16.5. The number of nitrogens with one attached hydrogen (secondary N) is 2. The van der Waals surface area contributed by atoms with E-state index in [1.807, 2.05) is 26.0 Å². The van der Waals surface area contributed by atoms with Crippen molar-refractivity contribution >= 4 is 5.96 Å². The van der Waals surface area contributed by atoms with Crippen molar-refractivity contribution in [3.05, 3.63) is 41.5 Å². The molecule has 0 spiro atoms. The molecule has 0 saturated heterocycles. The molecule has 7 heteroatoms. The maximum atomic E-state index is 5.54. The SMILES string of the molecule is COCCNC(=NCc1nc(C)c(C)o1)NCCc1ccco1. The van der Waals surface area contributed by atoms with Gasteiger partial charge in [-0.2, -0.15) is 0 Å². The van der Waals surface area contributed by atoms with E-state index >= 15 is 0 Å². The van der Waals surface area contributed by atoms with E-state index in [1.165, 1.54) is 0 Å². The number of aliphatic imine (C=N–C) groups is 1. The Kier molecular flexibility index (Phi) is 6.68. The molecule has 7 nitrogen and oxygen atoms in total. The van der Waals surface area contributed by atoms with Crippen molar-refractivity contribution in [2.24, 2.45) is 4.99 Å². The van der Waals surface area contributed by atoms with Crippen molar-refractivity contribution in [3.8, 4) is 0 Å². The fraction of sp³-hybridized carbons (Fsp3) is 0.500. The van der Waals surface area contributed by atoms with E-state index in [0.29, 0.717) is 31.5 Å². The van der Waals surface area contributed by atoms with Gasteiger partial charge in [0.1, 0.15) is 18.1 Å². The van der Waals surface area contributed by atoms with Crippen molar-refractivity contribution < 1.29 is 13.6 Å². The minimum Gasteiger partial charge on any atom is -0.469 e. The van der Waals surface area contributed by atoms with E-state index in [0.717, 1.165) is 30.2 Å². The smallest absolute Gasteiger partial charge is 0.216 e. The average molecular weight is 320 g/mol. The highest BCUT2D eigenvalue weighted by Crippen LogP contribution is 2.08. The Labute approximate surface area is 136 Å². The van der Waals surface area contributed by atoms with Gasteiger partial charge in [-0.3, -0.25) is 0 Å². The van der Waals surface area contributed by atoms with Crippen LogP contribution in [0, 0.1) is 13.8 Å². The van der Waals surface area contributed by atoms with Crippen molar-refractivity contribution in [2.45, 2.75) is 26.8 Å². The molecular weight excluding hydrogens is 296 g/mol. The molecule has 0 aliphatic rings. The van der Waals surface area contributed by atoms with Crippen LogP contribution in [0.15, 0.2) is 32.2 Å². The largest absolute Gasteiger partial charge is 0.469 e. The first-order valence-electron chi connectivity index (χ1n) is 7.65. The van der Waals surface area contributed by atoms with Gasteiger partial charge >= 0.3 is 0 Å². The number of aromatic nitrogens is 1. The van der Waals surface area contributed by atoms with Crippen LogP contribution in [0.3, 0.4) is 0 Å². The third-order valence-electron chi connectivity index (χ3n) is 3.29. The maximum absolute atomic E-state index is 5.54. The molecule has 2 aromatic rings. The fourth-order valence-electron chi connectivity index (χ4n) is 1.96. The number of methoxy groups -OCH3 is 1. The molecule has 0 aromatic carbocycles. The lowest BCUT2D eigenvalue weighted by molar-refractivity contribution is 0.203. The Morgan fingerprint density at radius 1 is 1.30 bits per heavy atom. The van der Waals surface area contributed by atoms with E-state index < -0.39 is 0 Å². The van der Waals surface area contributed by atoms with Crippen molar-refractivity contribution in [3.63, 3.8) is 0 Å². The molecule has 23 heavy (non-hydrogen) atoms. The molecule has 0 amide bonds. The summed E-state index contributed by atoms with van der Waals surface area (Å²) in [6.07, 6.45) is 2.46. The van der Waals surface area contributed by atoms with Gasteiger partial charge in [-0.05, 0) is 26.0 Å². The summed E-state index contributed by atoms with van der Waals surface area (Å²) in [5.74, 6) is 3.07. The van der Waals surface area contributed by atoms with Gasteiger partial charge < -0.3 is 24.2 Å². The normalized spacial score (nSPS) is 11.7. The number of ether oxygens (including phenoxy) is 1. The topological polar surface area (TPSA) is 84.8 Å². The first-order valence-corrected chi connectivity index (χ1v) is 7.65. The average Bonchev–Trinajstić information content (AvgIpc) is 3.15. The van der Waals surface area contributed by atoms with Crippen LogP contribution in [0.1, 0.15) is 23.1 Å². The lowest BCUT2D eigenvalue weighted by Gasteiger charge is -2.11. The van der Waals surface area contributed by atoms with Gasteiger partial charge in [-0.1, -0.05) is 0 Å². The van der Waals surface area contributed by atoms with Crippen LogP contribution in [-0.4, -0.2) is 37.7 Å². The zero-order valence-electron chi connectivity index (χ0n) is 13.9. The van der Waals surface area contributed by atoms with Crippen LogP contribution in [0.4, 0.5) is 0 Å². The first-order chi connectivity index (χ1) is 11.2. The number of nitrogens with zero attached hydrogens (tertiary/aromatic N) is 2. The molecule has 0 saturated carbocycles. The molecule has 0 bridgehead atoms. The van der Waals surface area contributed by atoms with Gasteiger partial charge in [0.05, 0.1) is 18.6 Å². The molecular formula is C16H24N4O3. The van der Waals surface area contributed by atoms with Crippen molar-refractivity contribution in [2.75, 3.05) is 26.8 Å². The molecule has 0 aliphatic carbocycles. The summed E-state index contributed by atoms with van der Waals surface area (Å²) in [6, 6.07) is 3.84. The molecule has 2 rings (SSSR count). The number of aryl methyl sites for hydroxylation is 2. The molecule has 0 radical (unpaired) electrons. The van der Waals surface area contributed by atoms with Crippen LogP contribution >= 0.6 is 0 Å². The summed E-state index contributed by atoms with van der Waals surface area (Å²) in [6.45, 7) is 6.21. The fourth-order valence-corrected chi connectivity index (χ4v) is 1.96. The number of hydrogen-bond acceptors (Lipinski definition) is 5. The highest BCUT2D eigenvalue weighted by molar-refractivity contribution is 5.79. The van der Waals surface area contributed by atoms with E-state index in [1.54, 1.807) is 13.4 Å². The summed E-state index contributed by atoms with van der Waals surface area (Å²) in [7, 11) is 1.67. The minimum absolute atomic E-state index is 0.387. The van der Waals surface area contributed by atoms with Crippen LogP contribution < -0.4 is 10.6 Å². The Balaban J connectivity index is 1.87. The number of oxazole rings is 1. The number of rotatable bonds is 8. The van der Waals surface area contributed by atoms with Crippen LogP contribution in [0.5, 0.6) is 0 Å². The van der Waals surface area contributed by atoms with Crippen molar-refractivity contribution in [1.82, 2.24) is 15.6 Å². The zero-order chi connectivity index (χ0) is 16.5. The molecule has 0 fully saturated rings. The van der Waals surface area contributed by atoms with Crippen LogP contribution in [0.2, 0.25) is 0 Å². The zero-order valence-corrected chi connectivity index (χ0v) is 13.9. The molecule has 126 valence electrons. The highest BCUT2D eigenvalue weighted by Gasteiger charge is 2.06. The van der Waals surface area contributed by atoms with Gasteiger partial charge in [0.2, 0.25) is 5.89 Å². The third kappa shape index (κ3) is 5.78. The number of guanidine groups is 1.